The Morgan fingerprint density at radius 3 is 2.50 bits per heavy atom. The lowest BCUT2D eigenvalue weighted by Crippen LogP contribution is -1.85. The molecule has 4 nitrogen and oxygen atoms in total. The van der Waals surface area contributed by atoms with Crippen molar-refractivity contribution >= 4 is 6.01 Å². The zero-order valence-electron chi connectivity index (χ0n) is 4.80. The van der Waals surface area contributed by atoms with Crippen molar-refractivity contribution in [2.24, 2.45) is 0 Å². The van der Waals surface area contributed by atoms with E-state index < -0.39 is 0 Å². The summed E-state index contributed by atoms with van der Waals surface area (Å²) in [6, 6.07) is 0.461. The summed E-state index contributed by atoms with van der Waals surface area (Å²) in [5.41, 5.74) is 0. The van der Waals surface area contributed by atoms with Gasteiger partial charge in [-0.25, -0.2) is 0 Å². The topological polar surface area (TPSA) is 51.0 Å². The lowest BCUT2D eigenvalue weighted by atomic mass is 10.8. The zero-order chi connectivity index (χ0) is 5.98. The summed E-state index contributed by atoms with van der Waals surface area (Å²) in [5.74, 6) is 0.578. The molecule has 0 aliphatic heterocycles. The molecule has 0 amide bonds. The van der Waals surface area contributed by atoms with E-state index in [1.807, 2.05) is 0 Å². The van der Waals surface area contributed by atoms with Gasteiger partial charge in [0.25, 0.3) is 0 Å². The van der Waals surface area contributed by atoms with Crippen LogP contribution in [0, 0.1) is 6.92 Å². The number of aryl methyl sites for hydroxylation is 1. The van der Waals surface area contributed by atoms with Crippen LogP contribution < -0.4 is 5.32 Å². The highest BCUT2D eigenvalue weighted by Crippen LogP contribution is 2.00. The largest absolute Gasteiger partial charge is 0.408 e. The molecule has 0 fully saturated rings. The van der Waals surface area contributed by atoms with Crippen LogP contribution in [0.1, 0.15) is 5.89 Å². The van der Waals surface area contributed by atoms with Gasteiger partial charge in [-0.1, -0.05) is 5.10 Å². The molecule has 1 aromatic rings. The van der Waals surface area contributed by atoms with E-state index >= 15 is 0 Å². The summed E-state index contributed by atoms with van der Waals surface area (Å²) >= 11 is 0. The first-order valence-corrected chi connectivity index (χ1v) is 2.31. The van der Waals surface area contributed by atoms with Crippen molar-refractivity contribution in [1.29, 1.82) is 0 Å². The number of rotatable bonds is 1. The molecule has 1 aromatic heterocycles. The van der Waals surface area contributed by atoms with E-state index in [0.717, 1.165) is 0 Å². The molecule has 1 rings (SSSR count). The molecule has 0 atom stereocenters. The molecule has 0 aliphatic carbocycles. The van der Waals surface area contributed by atoms with E-state index in [1.165, 1.54) is 0 Å². The SMILES string of the molecule is CNc1nnc(C)o1. The van der Waals surface area contributed by atoms with Gasteiger partial charge >= 0.3 is 6.01 Å². The Morgan fingerprint density at radius 1 is 1.50 bits per heavy atom. The first-order chi connectivity index (χ1) is 3.83. The summed E-state index contributed by atoms with van der Waals surface area (Å²) in [5, 5.41) is 9.92. The minimum Gasteiger partial charge on any atom is -0.408 e. The Morgan fingerprint density at radius 2 is 2.25 bits per heavy atom. The molecule has 0 bridgehead atoms. The van der Waals surface area contributed by atoms with E-state index in [1.54, 1.807) is 14.0 Å². The van der Waals surface area contributed by atoms with Crippen molar-refractivity contribution in [2.75, 3.05) is 12.4 Å². The molecule has 0 saturated carbocycles. The Balaban J connectivity index is 2.84. The zero-order valence-corrected chi connectivity index (χ0v) is 4.80. The quantitative estimate of drug-likeness (QED) is 0.573. The van der Waals surface area contributed by atoms with Crippen LogP contribution in [-0.2, 0) is 0 Å². The van der Waals surface area contributed by atoms with Gasteiger partial charge in [0.15, 0.2) is 0 Å². The van der Waals surface area contributed by atoms with Gasteiger partial charge in [-0.3, -0.25) is 0 Å². The van der Waals surface area contributed by atoms with Crippen LogP contribution in [0.4, 0.5) is 6.01 Å². The summed E-state index contributed by atoms with van der Waals surface area (Å²) in [7, 11) is 1.73. The fourth-order valence-corrected chi connectivity index (χ4v) is 0.398. The predicted octanol–water partition coefficient (Wildman–Crippen LogP) is 0.420. The summed E-state index contributed by atoms with van der Waals surface area (Å²) in [6.07, 6.45) is 0. The van der Waals surface area contributed by atoms with Crippen molar-refractivity contribution in [3.8, 4) is 0 Å². The Bertz CT molecular complexity index is 172. The van der Waals surface area contributed by atoms with E-state index in [0.29, 0.717) is 11.9 Å². The molecule has 8 heavy (non-hydrogen) atoms. The van der Waals surface area contributed by atoms with Crippen LogP contribution in [-0.4, -0.2) is 17.2 Å². The monoisotopic (exact) mass is 113 g/mol. The van der Waals surface area contributed by atoms with Gasteiger partial charge in [0.1, 0.15) is 0 Å². The van der Waals surface area contributed by atoms with Gasteiger partial charge in [0.05, 0.1) is 0 Å². The first-order valence-electron chi connectivity index (χ1n) is 2.31. The lowest BCUT2D eigenvalue weighted by molar-refractivity contribution is 0.534. The normalized spacial score (nSPS) is 9.25. The number of hydrogen-bond donors (Lipinski definition) is 1. The fourth-order valence-electron chi connectivity index (χ4n) is 0.398. The van der Waals surface area contributed by atoms with Crippen LogP contribution in [0.5, 0.6) is 0 Å². The molecule has 44 valence electrons. The van der Waals surface area contributed by atoms with E-state index in [2.05, 4.69) is 15.5 Å². The van der Waals surface area contributed by atoms with Gasteiger partial charge in [-0.05, 0) is 0 Å². The smallest absolute Gasteiger partial charge is 0.315 e. The predicted molar refractivity (Wildman–Crippen MR) is 28.6 cm³/mol. The van der Waals surface area contributed by atoms with Crippen LogP contribution in [0.15, 0.2) is 4.42 Å². The summed E-state index contributed by atoms with van der Waals surface area (Å²) < 4.78 is 4.90. The van der Waals surface area contributed by atoms with E-state index in [4.69, 9.17) is 4.42 Å². The molecule has 0 radical (unpaired) electrons. The van der Waals surface area contributed by atoms with E-state index in [-0.39, 0.29) is 0 Å². The molecular weight excluding hydrogens is 106 g/mol. The first kappa shape index (κ1) is 5.08. The standard InChI is InChI=1S/C4H7N3O/c1-3-6-7-4(5-2)8-3/h1-2H3,(H,5,7). The van der Waals surface area contributed by atoms with Crippen LogP contribution in [0.25, 0.3) is 0 Å². The highest BCUT2D eigenvalue weighted by molar-refractivity contribution is 5.13. The molecule has 1 N–H and O–H groups in total. The number of anilines is 1. The second-order valence-electron chi connectivity index (χ2n) is 1.38. The maximum absolute atomic E-state index is 4.90. The van der Waals surface area contributed by atoms with Gasteiger partial charge in [-0.15, -0.1) is 5.10 Å². The summed E-state index contributed by atoms with van der Waals surface area (Å²) in [6.45, 7) is 1.74. The second kappa shape index (κ2) is 1.81. The third kappa shape index (κ3) is 0.776. The fraction of sp³-hybridized carbons (Fsp3) is 0.500. The third-order valence-electron chi connectivity index (χ3n) is 0.740. The van der Waals surface area contributed by atoms with Crippen molar-refractivity contribution in [2.45, 2.75) is 6.92 Å². The molecule has 4 heteroatoms. The van der Waals surface area contributed by atoms with Crippen LogP contribution >= 0.6 is 0 Å². The number of nitrogens with zero attached hydrogens (tertiary/aromatic N) is 2. The molecule has 1 heterocycles. The molecular formula is C4H7N3O. The Kier molecular flexibility index (Phi) is 1.15. The highest BCUT2D eigenvalue weighted by Gasteiger charge is 1.94. The molecule has 0 spiro atoms. The lowest BCUT2D eigenvalue weighted by Gasteiger charge is -1.82. The Hall–Kier alpha value is -1.06. The Labute approximate surface area is 46.9 Å². The average Bonchev–Trinajstić information content (AvgIpc) is 2.14. The minimum atomic E-state index is 0.461. The molecule has 0 saturated heterocycles. The van der Waals surface area contributed by atoms with Crippen molar-refractivity contribution in [1.82, 2.24) is 10.2 Å². The van der Waals surface area contributed by atoms with Crippen molar-refractivity contribution in [3.05, 3.63) is 5.89 Å². The summed E-state index contributed by atoms with van der Waals surface area (Å²) in [4.78, 5) is 0. The van der Waals surface area contributed by atoms with Crippen LogP contribution in [0.2, 0.25) is 0 Å². The maximum atomic E-state index is 4.90. The maximum Gasteiger partial charge on any atom is 0.315 e. The van der Waals surface area contributed by atoms with Gasteiger partial charge < -0.3 is 9.73 Å². The number of hydrogen-bond acceptors (Lipinski definition) is 4. The van der Waals surface area contributed by atoms with Gasteiger partial charge in [0.2, 0.25) is 5.89 Å². The van der Waals surface area contributed by atoms with Crippen molar-refractivity contribution in [3.63, 3.8) is 0 Å². The van der Waals surface area contributed by atoms with Crippen LogP contribution in [0.3, 0.4) is 0 Å². The minimum absolute atomic E-state index is 0.461. The third-order valence-corrected chi connectivity index (χ3v) is 0.740. The second-order valence-corrected chi connectivity index (χ2v) is 1.38. The van der Waals surface area contributed by atoms with E-state index in [9.17, 15) is 0 Å². The molecule has 0 aromatic carbocycles. The van der Waals surface area contributed by atoms with Crippen molar-refractivity contribution < 1.29 is 4.42 Å². The van der Waals surface area contributed by atoms with Gasteiger partial charge in [-0.2, -0.15) is 0 Å². The molecule has 0 unspecified atom stereocenters. The van der Waals surface area contributed by atoms with Gasteiger partial charge in [0, 0.05) is 14.0 Å². The highest BCUT2D eigenvalue weighted by atomic mass is 16.4. The number of nitrogens with one attached hydrogen (secondary N) is 1. The average molecular weight is 113 g/mol. The molecule has 0 aliphatic rings. The number of aromatic nitrogens is 2.